The maximum Gasteiger partial charge on any atom is 0.294 e. The van der Waals surface area contributed by atoms with Gasteiger partial charge in [0.1, 0.15) is 0 Å². The molecule has 0 amide bonds. The van der Waals surface area contributed by atoms with Gasteiger partial charge in [-0.3, -0.25) is 0 Å². The van der Waals surface area contributed by atoms with Crippen molar-refractivity contribution in [2.45, 2.75) is 169 Å². The summed E-state index contributed by atoms with van der Waals surface area (Å²) in [5.74, 6) is 1.57. The molecule has 0 saturated heterocycles. The number of hydrogen-bond acceptors (Lipinski definition) is 2. The smallest absolute Gasteiger partial charge is 0.294 e. The molecule has 2 aromatic carbocycles. The predicted octanol–water partition coefficient (Wildman–Crippen LogP) is 13.4. The lowest BCUT2D eigenvalue weighted by Crippen LogP contribution is -2.20. The van der Waals surface area contributed by atoms with Crippen molar-refractivity contribution in [1.82, 2.24) is 0 Å². The second-order valence-corrected chi connectivity index (χ2v) is 13.8. The molecule has 0 aliphatic heterocycles. The number of amidine groups is 1. The Kier molecular flexibility index (Phi) is 17.7. The summed E-state index contributed by atoms with van der Waals surface area (Å²) in [6, 6.07) is 13.9. The topological polar surface area (TPSA) is 33.6 Å². The second kappa shape index (κ2) is 20.6. The first-order valence-corrected chi connectivity index (χ1v) is 17.9. The first kappa shape index (κ1) is 36.9. The number of rotatable bonds is 20. The number of benzene rings is 2. The summed E-state index contributed by atoms with van der Waals surface area (Å²) in [5, 5.41) is 3.73. The van der Waals surface area contributed by atoms with Crippen molar-refractivity contribution < 1.29 is 4.74 Å². The summed E-state index contributed by atoms with van der Waals surface area (Å²) < 4.78 is 6.53. The maximum atomic E-state index is 6.53. The molecule has 0 aliphatic rings. The summed E-state index contributed by atoms with van der Waals surface area (Å²) in [4.78, 5) is 5.28. The molecule has 0 fully saturated rings. The van der Waals surface area contributed by atoms with Crippen LogP contribution in [0.15, 0.2) is 41.4 Å². The Morgan fingerprint density at radius 3 is 1.33 bits per heavy atom. The molecule has 0 unspecified atom stereocenters. The van der Waals surface area contributed by atoms with Crippen LogP contribution in [-0.4, -0.2) is 12.6 Å². The van der Waals surface area contributed by atoms with Crippen LogP contribution in [-0.2, 0) is 4.74 Å². The highest BCUT2D eigenvalue weighted by molar-refractivity contribution is 5.93. The van der Waals surface area contributed by atoms with Crippen molar-refractivity contribution in [3.63, 3.8) is 0 Å². The Balaban J connectivity index is 2.11. The van der Waals surface area contributed by atoms with Crippen LogP contribution in [0, 0.1) is 0 Å². The lowest BCUT2D eigenvalue weighted by atomic mass is 9.92. The van der Waals surface area contributed by atoms with Crippen LogP contribution in [0.3, 0.4) is 0 Å². The Bertz CT molecular complexity index is 1010. The van der Waals surface area contributed by atoms with Crippen LogP contribution in [0.25, 0.3) is 0 Å². The standard InChI is InChI=1S/C40H66N2O/c1-10-11-12-13-14-15-16-17-18-19-20-21-22-29-43-40(41-38-34(30(2)3)25-23-26-35(38)31(4)5)42-39-36(32(6)7)27-24-28-37(39)33(8)9/h23-28,30-33H,10-22,29H2,1-9H3,(H,41,42). The number of hydrogen-bond donors (Lipinski definition) is 1. The van der Waals surface area contributed by atoms with E-state index in [-0.39, 0.29) is 0 Å². The molecule has 43 heavy (non-hydrogen) atoms. The molecule has 0 spiro atoms. The van der Waals surface area contributed by atoms with Crippen molar-refractivity contribution in [3.8, 4) is 0 Å². The predicted molar refractivity (Wildman–Crippen MR) is 192 cm³/mol. The van der Waals surface area contributed by atoms with E-state index in [4.69, 9.17) is 9.73 Å². The van der Waals surface area contributed by atoms with E-state index in [1.54, 1.807) is 0 Å². The third-order valence-corrected chi connectivity index (χ3v) is 8.65. The zero-order chi connectivity index (χ0) is 31.6. The first-order valence-electron chi connectivity index (χ1n) is 17.9. The quantitative estimate of drug-likeness (QED) is 0.0945. The van der Waals surface area contributed by atoms with Crippen LogP contribution in [0.2, 0.25) is 0 Å². The molecule has 0 aromatic heterocycles. The average molecular weight is 591 g/mol. The van der Waals surface area contributed by atoms with E-state index in [1.807, 2.05) is 0 Å². The maximum absolute atomic E-state index is 6.53. The minimum atomic E-state index is 0.383. The third-order valence-electron chi connectivity index (χ3n) is 8.65. The van der Waals surface area contributed by atoms with Crippen molar-refractivity contribution in [3.05, 3.63) is 58.7 Å². The van der Waals surface area contributed by atoms with Crippen molar-refractivity contribution >= 4 is 17.4 Å². The number of para-hydroxylation sites is 2. The fourth-order valence-electron chi connectivity index (χ4n) is 5.93. The molecule has 3 nitrogen and oxygen atoms in total. The fourth-order valence-corrected chi connectivity index (χ4v) is 5.93. The molecule has 0 aliphatic carbocycles. The van der Waals surface area contributed by atoms with Crippen LogP contribution < -0.4 is 5.32 Å². The van der Waals surface area contributed by atoms with Crippen LogP contribution in [0.1, 0.15) is 192 Å². The highest BCUT2D eigenvalue weighted by Crippen LogP contribution is 2.36. The lowest BCUT2D eigenvalue weighted by molar-refractivity contribution is 0.291. The van der Waals surface area contributed by atoms with Crippen molar-refractivity contribution in [2.75, 3.05) is 11.9 Å². The SMILES string of the molecule is CCCCCCCCCCCCCCCOC(=Nc1c(C(C)C)cccc1C(C)C)Nc1c(C(C)C)cccc1C(C)C. The van der Waals surface area contributed by atoms with Gasteiger partial charge in [0, 0.05) is 5.69 Å². The molecule has 0 radical (unpaired) electrons. The van der Waals surface area contributed by atoms with Gasteiger partial charge in [-0.2, -0.15) is 4.99 Å². The first-order chi connectivity index (χ1) is 20.7. The molecule has 1 N–H and O–H groups in total. The Morgan fingerprint density at radius 1 is 0.558 bits per heavy atom. The van der Waals surface area contributed by atoms with E-state index in [0.29, 0.717) is 36.3 Å². The van der Waals surface area contributed by atoms with Crippen LogP contribution in [0.4, 0.5) is 11.4 Å². The number of nitrogens with one attached hydrogen (secondary N) is 1. The van der Waals surface area contributed by atoms with E-state index in [1.165, 1.54) is 99.3 Å². The Morgan fingerprint density at radius 2 is 0.930 bits per heavy atom. The molecule has 0 bridgehead atoms. The molecule has 2 rings (SSSR count). The molecule has 0 atom stereocenters. The second-order valence-electron chi connectivity index (χ2n) is 13.8. The Labute approximate surface area is 266 Å². The van der Waals surface area contributed by atoms with Gasteiger partial charge in [-0.05, 0) is 52.3 Å². The van der Waals surface area contributed by atoms with Gasteiger partial charge in [-0.25, -0.2) is 0 Å². The van der Waals surface area contributed by atoms with E-state index >= 15 is 0 Å². The number of unbranched alkanes of at least 4 members (excludes halogenated alkanes) is 12. The van der Waals surface area contributed by atoms with Gasteiger partial charge in [-0.15, -0.1) is 0 Å². The van der Waals surface area contributed by atoms with Gasteiger partial charge >= 0.3 is 0 Å². The third kappa shape index (κ3) is 13.1. The monoisotopic (exact) mass is 591 g/mol. The zero-order valence-corrected chi connectivity index (χ0v) is 29.5. The summed E-state index contributed by atoms with van der Waals surface area (Å²) in [6.07, 6.45) is 17.5. The molecular weight excluding hydrogens is 524 g/mol. The number of aliphatic imine (C=N–C) groups is 1. The van der Waals surface area contributed by atoms with E-state index in [0.717, 1.165) is 17.8 Å². The Hall–Kier alpha value is -2.29. The number of anilines is 1. The molecule has 0 saturated carbocycles. The summed E-state index contributed by atoms with van der Waals surface area (Å²) >= 11 is 0. The van der Waals surface area contributed by atoms with Gasteiger partial charge in [0.15, 0.2) is 0 Å². The normalized spacial score (nSPS) is 12.3. The minimum absolute atomic E-state index is 0.383. The fraction of sp³-hybridized carbons (Fsp3) is 0.675. The molecular formula is C40H66N2O. The summed E-state index contributed by atoms with van der Waals surface area (Å²) in [6.45, 7) is 21.1. The van der Waals surface area contributed by atoms with E-state index in [2.05, 4.69) is 104 Å². The van der Waals surface area contributed by atoms with Gasteiger partial charge < -0.3 is 10.1 Å². The minimum Gasteiger partial charge on any atom is -0.465 e. The van der Waals surface area contributed by atoms with E-state index < -0.39 is 0 Å². The molecule has 2 aromatic rings. The zero-order valence-electron chi connectivity index (χ0n) is 29.5. The largest absolute Gasteiger partial charge is 0.465 e. The van der Waals surface area contributed by atoms with Gasteiger partial charge in [0.25, 0.3) is 6.02 Å². The molecule has 242 valence electrons. The lowest BCUT2D eigenvalue weighted by Gasteiger charge is -2.23. The van der Waals surface area contributed by atoms with E-state index in [9.17, 15) is 0 Å². The van der Waals surface area contributed by atoms with Crippen molar-refractivity contribution in [2.24, 2.45) is 4.99 Å². The summed E-state index contributed by atoms with van der Waals surface area (Å²) in [5.41, 5.74) is 7.39. The molecule has 0 heterocycles. The van der Waals surface area contributed by atoms with Crippen LogP contribution >= 0.6 is 0 Å². The highest BCUT2D eigenvalue weighted by atomic mass is 16.5. The number of ether oxygens (including phenoxy) is 1. The van der Waals surface area contributed by atoms with Gasteiger partial charge in [-0.1, -0.05) is 176 Å². The van der Waals surface area contributed by atoms with Crippen molar-refractivity contribution in [1.29, 1.82) is 0 Å². The highest BCUT2D eigenvalue weighted by Gasteiger charge is 2.19. The van der Waals surface area contributed by atoms with Gasteiger partial charge in [0.05, 0.1) is 12.3 Å². The average Bonchev–Trinajstić information content (AvgIpc) is 2.96. The van der Waals surface area contributed by atoms with Crippen LogP contribution in [0.5, 0.6) is 0 Å². The van der Waals surface area contributed by atoms with Gasteiger partial charge in [0.2, 0.25) is 0 Å². The summed E-state index contributed by atoms with van der Waals surface area (Å²) in [7, 11) is 0. The number of nitrogens with zero attached hydrogens (tertiary/aromatic N) is 1. The molecule has 3 heteroatoms.